The Morgan fingerprint density at radius 1 is 1.21 bits per heavy atom. The topological polar surface area (TPSA) is 99.0 Å². The first kappa shape index (κ1) is 20.5. The van der Waals surface area contributed by atoms with E-state index in [0.717, 1.165) is 16.7 Å². The van der Waals surface area contributed by atoms with Gasteiger partial charge in [-0.1, -0.05) is 48.0 Å². The van der Waals surface area contributed by atoms with Gasteiger partial charge >= 0.3 is 5.97 Å². The van der Waals surface area contributed by atoms with Crippen molar-refractivity contribution in [2.75, 3.05) is 11.9 Å². The van der Waals surface area contributed by atoms with E-state index >= 15 is 0 Å². The van der Waals surface area contributed by atoms with Crippen molar-refractivity contribution in [3.8, 4) is 0 Å². The van der Waals surface area contributed by atoms with Crippen LogP contribution in [-0.4, -0.2) is 38.7 Å². The minimum absolute atomic E-state index is 0.329. The normalized spacial score (nSPS) is 11.7. The average molecular weight is 414 g/mol. The van der Waals surface area contributed by atoms with Gasteiger partial charge in [0.25, 0.3) is 5.91 Å². The van der Waals surface area contributed by atoms with Crippen LogP contribution in [0.4, 0.5) is 5.69 Å². The van der Waals surface area contributed by atoms with Crippen molar-refractivity contribution in [2.24, 2.45) is 0 Å². The number of ether oxygens (including phenoxy) is 1. The summed E-state index contributed by atoms with van der Waals surface area (Å²) in [5.41, 5.74) is 3.23. The zero-order valence-corrected chi connectivity index (χ0v) is 16.8. The molecule has 1 atom stereocenters. The number of halogens is 1. The maximum atomic E-state index is 12.6. The highest BCUT2D eigenvalue weighted by Crippen LogP contribution is 2.27. The van der Waals surface area contributed by atoms with Crippen LogP contribution in [0.3, 0.4) is 0 Å². The first-order chi connectivity index (χ1) is 13.9. The van der Waals surface area contributed by atoms with Gasteiger partial charge in [-0.2, -0.15) is 0 Å². The summed E-state index contributed by atoms with van der Waals surface area (Å²) in [6.07, 6.45) is 1.67. The second-order valence-electron chi connectivity index (χ2n) is 6.59. The monoisotopic (exact) mass is 413 g/mol. The molecular formula is C20H20ClN5O3. The second-order valence-corrected chi connectivity index (χ2v) is 7.00. The Hall–Kier alpha value is -3.26. The van der Waals surface area contributed by atoms with Crippen LogP contribution < -0.4 is 5.32 Å². The van der Waals surface area contributed by atoms with Crippen molar-refractivity contribution in [2.45, 2.75) is 26.3 Å². The summed E-state index contributed by atoms with van der Waals surface area (Å²) in [4.78, 5) is 24.9. The summed E-state index contributed by atoms with van der Waals surface area (Å²) >= 11 is 6.20. The van der Waals surface area contributed by atoms with Crippen molar-refractivity contribution in [3.63, 3.8) is 0 Å². The Morgan fingerprint density at radius 3 is 2.62 bits per heavy atom. The van der Waals surface area contributed by atoms with Crippen molar-refractivity contribution < 1.29 is 14.3 Å². The van der Waals surface area contributed by atoms with Crippen LogP contribution in [-0.2, 0) is 20.7 Å². The van der Waals surface area contributed by atoms with Crippen molar-refractivity contribution >= 4 is 29.2 Å². The fourth-order valence-electron chi connectivity index (χ4n) is 2.92. The molecule has 0 fully saturated rings. The highest BCUT2D eigenvalue weighted by Gasteiger charge is 2.25. The molecule has 0 aliphatic rings. The third-order valence-corrected chi connectivity index (χ3v) is 4.57. The number of carbonyl (C=O) groups excluding carboxylic acids is 2. The predicted molar refractivity (Wildman–Crippen MR) is 108 cm³/mol. The highest BCUT2D eigenvalue weighted by atomic mass is 35.5. The first-order valence-electron chi connectivity index (χ1n) is 8.93. The third kappa shape index (κ3) is 5.39. The lowest BCUT2D eigenvalue weighted by molar-refractivity contribution is -0.151. The lowest BCUT2D eigenvalue weighted by Gasteiger charge is -2.16. The number of nitrogens with zero attached hydrogens (tertiary/aromatic N) is 4. The lowest BCUT2D eigenvalue weighted by Crippen LogP contribution is -2.28. The minimum atomic E-state index is -0.787. The summed E-state index contributed by atoms with van der Waals surface area (Å²) < 4.78 is 6.54. The summed E-state index contributed by atoms with van der Waals surface area (Å²) in [5, 5.41) is 14.1. The Labute approximate surface area is 172 Å². The highest BCUT2D eigenvalue weighted by molar-refractivity contribution is 6.34. The number of rotatable bonds is 7. The summed E-state index contributed by atoms with van der Waals surface area (Å²) in [7, 11) is 0. The maximum Gasteiger partial charge on any atom is 0.331 e. The summed E-state index contributed by atoms with van der Waals surface area (Å²) in [6.45, 7) is 3.31. The van der Waals surface area contributed by atoms with Crippen LogP contribution in [0, 0.1) is 13.8 Å². The fraction of sp³-hybridized carbons (Fsp3) is 0.250. The van der Waals surface area contributed by atoms with E-state index in [1.807, 2.05) is 50.2 Å². The molecule has 1 heterocycles. The molecule has 0 unspecified atom stereocenters. The molecule has 1 amide bonds. The molecular weight excluding hydrogens is 394 g/mol. The molecule has 1 N–H and O–H groups in total. The number of benzene rings is 2. The van der Waals surface area contributed by atoms with Gasteiger partial charge in [-0.15, -0.1) is 5.10 Å². The molecule has 0 radical (unpaired) electrons. The molecule has 3 aromatic rings. The van der Waals surface area contributed by atoms with E-state index in [-0.39, 0.29) is 0 Å². The Kier molecular flexibility index (Phi) is 6.56. The Balaban J connectivity index is 1.65. The molecule has 0 aliphatic heterocycles. The van der Waals surface area contributed by atoms with Gasteiger partial charge in [0, 0.05) is 6.42 Å². The van der Waals surface area contributed by atoms with Gasteiger partial charge in [-0.3, -0.25) is 4.79 Å². The van der Waals surface area contributed by atoms with E-state index in [9.17, 15) is 9.59 Å². The number of aromatic nitrogens is 4. The number of nitrogens with one attached hydrogen (secondary N) is 1. The standard InChI is InChI=1S/C20H20ClN5O3/c1-13-8-14(2)19(16(21)9-13)23-18(27)11-29-20(28)17(26-12-22-24-25-26)10-15-6-4-3-5-7-15/h3-9,12,17H,10-11H2,1-2H3,(H,23,27)/t17-/m0/s1. The van der Waals surface area contributed by atoms with E-state index in [2.05, 4.69) is 20.8 Å². The van der Waals surface area contributed by atoms with Crippen molar-refractivity contribution in [1.82, 2.24) is 20.2 Å². The molecule has 2 aromatic carbocycles. The smallest absolute Gasteiger partial charge is 0.331 e. The van der Waals surface area contributed by atoms with Crippen LogP contribution >= 0.6 is 11.6 Å². The third-order valence-electron chi connectivity index (χ3n) is 4.27. The average Bonchev–Trinajstić information content (AvgIpc) is 3.22. The summed E-state index contributed by atoms with van der Waals surface area (Å²) in [5.74, 6) is -1.09. The van der Waals surface area contributed by atoms with Crippen molar-refractivity contribution in [1.29, 1.82) is 0 Å². The zero-order valence-electron chi connectivity index (χ0n) is 16.0. The minimum Gasteiger partial charge on any atom is -0.454 e. The number of hydrogen-bond donors (Lipinski definition) is 1. The lowest BCUT2D eigenvalue weighted by atomic mass is 10.1. The molecule has 0 spiro atoms. The number of hydrogen-bond acceptors (Lipinski definition) is 6. The Morgan fingerprint density at radius 2 is 1.97 bits per heavy atom. The quantitative estimate of drug-likeness (QED) is 0.598. The van der Waals surface area contributed by atoms with E-state index in [4.69, 9.17) is 16.3 Å². The van der Waals surface area contributed by atoms with Gasteiger partial charge in [0.05, 0.1) is 10.7 Å². The molecule has 3 rings (SSSR count). The second kappa shape index (κ2) is 9.29. The number of tetrazole rings is 1. The molecule has 8 nitrogen and oxygen atoms in total. The van der Waals surface area contributed by atoms with E-state index in [1.54, 1.807) is 6.07 Å². The molecule has 0 aliphatic carbocycles. The van der Waals surface area contributed by atoms with Crippen LogP contribution in [0.1, 0.15) is 22.7 Å². The first-order valence-corrected chi connectivity index (χ1v) is 9.31. The van der Waals surface area contributed by atoms with Gasteiger partial charge in [-0.25, -0.2) is 9.48 Å². The van der Waals surface area contributed by atoms with E-state index < -0.39 is 24.5 Å². The number of anilines is 1. The van der Waals surface area contributed by atoms with Crippen LogP contribution in [0.5, 0.6) is 0 Å². The largest absolute Gasteiger partial charge is 0.454 e. The molecule has 0 saturated carbocycles. The molecule has 9 heteroatoms. The van der Waals surface area contributed by atoms with Gasteiger partial charge in [0.1, 0.15) is 6.33 Å². The van der Waals surface area contributed by atoms with E-state index in [1.165, 1.54) is 11.0 Å². The van der Waals surface area contributed by atoms with Gasteiger partial charge in [0.15, 0.2) is 12.6 Å². The van der Waals surface area contributed by atoms with Crippen LogP contribution in [0.15, 0.2) is 48.8 Å². The molecule has 1 aromatic heterocycles. The van der Waals surface area contributed by atoms with Crippen LogP contribution in [0.2, 0.25) is 5.02 Å². The SMILES string of the molecule is Cc1cc(C)c(NC(=O)COC(=O)[C@H](Cc2ccccc2)n2cnnn2)c(Cl)c1. The molecule has 29 heavy (non-hydrogen) atoms. The van der Waals surface area contributed by atoms with Crippen LogP contribution in [0.25, 0.3) is 0 Å². The van der Waals surface area contributed by atoms with Crippen molar-refractivity contribution in [3.05, 3.63) is 70.5 Å². The number of carbonyl (C=O) groups is 2. The maximum absolute atomic E-state index is 12.6. The van der Waals surface area contributed by atoms with Gasteiger partial charge in [0.2, 0.25) is 0 Å². The molecule has 0 saturated heterocycles. The zero-order chi connectivity index (χ0) is 20.8. The molecule has 0 bridgehead atoms. The molecule has 150 valence electrons. The number of esters is 1. The summed E-state index contributed by atoms with van der Waals surface area (Å²) in [6, 6.07) is 12.3. The number of aryl methyl sites for hydroxylation is 2. The van der Waals surface area contributed by atoms with E-state index in [0.29, 0.717) is 17.1 Å². The number of amides is 1. The van der Waals surface area contributed by atoms with Gasteiger partial charge in [-0.05, 0) is 47.0 Å². The fourth-order valence-corrected chi connectivity index (χ4v) is 3.28. The van der Waals surface area contributed by atoms with Gasteiger partial charge < -0.3 is 10.1 Å². The Bertz CT molecular complexity index is 970. The predicted octanol–water partition coefficient (Wildman–Crippen LogP) is 2.91.